The maximum absolute atomic E-state index is 5.70. The van der Waals surface area contributed by atoms with Crippen LogP contribution in [0, 0.1) is 6.92 Å². The summed E-state index contributed by atoms with van der Waals surface area (Å²) in [7, 11) is 0. The topological polar surface area (TPSA) is 41.3 Å². The summed E-state index contributed by atoms with van der Waals surface area (Å²) in [6.45, 7) is 6.34. The number of aryl methyl sites for hydroxylation is 1. The van der Waals surface area contributed by atoms with Crippen molar-refractivity contribution in [3.63, 3.8) is 0 Å². The van der Waals surface area contributed by atoms with Gasteiger partial charge >= 0.3 is 0 Å². The van der Waals surface area contributed by atoms with Crippen LogP contribution in [0.2, 0.25) is 0 Å². The Morgan fingerprint density at radius 2 is 1.90 bits per heavy atom. The standard InChI is InChI=1S/C17H23N3O/c1-13-3-4-17(21-13)14(2)19-15-7-11-20(12-8-15)16-5-9-18-10-6-16/h3-6,9-10,14-15,19H,7-8,11-12H2,1-2H3. The molecule has 1 saturated heterocycles. The third-order valence-corrected chi connectivity index (χ3v) is 4.20. The number of nitrogens with zero attached hydrogens (tertiary/aromatic N) is 2. The molecule has 1 fully saturated rings. The van der Waals surface area contributed by atoms with Gasteiger partial charge in [-0.1, -0.05) is 0 Å². The van der Waals surface area contributed by atoms with Crippen molar-refractivity contribution >= 4 is 5.69 Å². The third-order valence-electron chi connectivity index (χ3n) is 4.20. The molecule has 2 aromatic rings. The number of anilines is 1. The Bertz CT molecular complexity index is 558. The molecule has 1 atom stereocenters. The van der Waals surface area contributed by atoms with Gasteiger partial charge in [0.05, 0.1) is 6.04 Å². The Morgan fingerprint density at radius 1 is 1.19 bits per heavy atom. The number of furan rings is 1. The average molecular weight is 285 g/mol. The number of rotatable bonds is 4. The Morgan fingerprint density at radius 3 is 2.52 bits per heavy atom. The first-order valence-corrected chi connectivity index (χ1v) is 7.70. The number of hydrogen-bond donors (Lipinski definition) is 1. The van der Waals surface area contributed by atoms with E-state index in [-0.39, 0.29) is 6.04 Å². The Hall–Kier alpha value is -1.81. The van der Waals surface area contributed by atoms with Crippen molar-refractivity contribution in [2.24, 2.45) is 0 Å². The van der Waals surface area contributed by atoms with Gasteiger partial charge in [-0.15, -0.1) is 0 Å². The van der Waals surface area contributed by atoms with Crippen molar-refractivity contribution < 1.29 is 4.42 Å². The molecule has 1 N–H and O–H groups in total. The van der Waals surface area contributed by atoms with Crippen LogP contribution in [-0.2, 0) is 0 Å². The lowest BCUT2D eigenvalue weighted by molar-refractivity contribution is 0.343. The molecule has 3 rings (SSSR count). The highest BCUT2D eigenvalue weighted by Crippen LogP contribution is 2.22. The van der Waals surface area contributed by atoms with Gasteiger partial charge < -0.3 is 14.6 Å². The minimum Gasteiger partial charge on any atom is -0.465 e. The molecule has 4 nitrogen and oxygen atoms in total. The first-order valence-electron chi connectivity index (χ1n) is 7.70. The van der Waals surface area contributed by atoms with Gasteiger partial charge in [-0.2, -0.15) is 0 Å². The van der Waals surface area contributed by atoms with Crippen LogP contribution in [0.3, 0.4) is 0 Å². The Labute approximate surface area is 126 Å². The van der Waals surface area contributed by atoms with E-state index in [1.54, 1.807) is 0 Å². The van der Waals surface area contributed by atoms with Crippen LogP contribution in [-0.4, -0.2) is 24.1 Å². The van der Waals surface area contributed by atoms with Gasteiger partial charge in [-0.05, 0) is 51.0 Å². The van der Waals surface area contributed by atoms with E-state index in [0.29, 0.717) is 6.04 Å². The van der Waals surface area contributed by atoms with Crippen molar-refractivity contribution in [1.82, 2.24) is 10.3 Å². The molecule has 0 aromatic carbocycles. The smallest absolute Gasteiger partial charge is 0.120 e. The summed E-state index contributed by atoms with van der Waals surface area (Å²) in [4.78, 5) is 6.51. The van der Waals surface area contributed by atoms with E-state index in [0.717, 1.165) is 37.5 Å². The molecule has 2 aromatic heterocycles. The van der Waals surface area contributed by atoms with E-state index in [1.165, 1.54) is 5.69 Å². The van der Waals surface area contributed by atoms with Gasteiger partial charge in [0.1, 0.15) is 11.5 Å². The van der Waals surface area contributed by atoms with Crippen LogP contribution >= 0.6 is 0 Å². The monoisotopic (exact) mass is 285 g/mol. The molecule has 1 unspecified atom stereocenters. The van der Waals surface area contributed by atoms with Gasteiger partial charge in [-0.3, -0.25) is 4.98 Å². The van der Waals surface area contributed by atoms with Gasteiger partial charge in [0.2, 0.25) is 0 Å². The predicted octanol–water partition coefficient (Wildman–Crippen LogP) is 3.30. The molecule has 21 heavy (non-hydrogen) atoms. The highest BCUT2D eigenvalue weighted by atomic mass is 16.3. The minimum atomic E-state index is 0.274. The molecule has 0 saturated carbocycles. The second kappa shape index (κ2) is 6.31. The fraction of sp³-hybridized carbons (Fsp3) is 0.471. The molecule has 4 heteroatoms. The van der Waals surface area contributed by atoms with E-state index in [1.807, 2.05) is 25.4 Å². The fourth-order valence-corrected chi connectivity index (χ4v) is 2.98. The predicted molar refractivity (Wildman–Crippen MR) is 84.5 cm³/mol. The van der Waals surface area contributed by atoms with Crippen molar-refractivity contribution in [3.8, 4) is 0 Å². The van der Waals surface area contributed by atoms with Crippen molar-refractivity contribution in [1.29, 1.82) is 0 Å². The van der Waals surface area contributed by atoms with Gasteiger partial charge in [-0.25, -0.2) is 0 Å². The summed E-state index contributed by atoms with van der Waals surface area (Å²) in [5.41, 5.74) is 1.28. The second-order valence-electron chi connectivity index (χ2n) is 5.80. The van der Waals surface area contributed by atoms with E-state index in [4.69, 9.17) is 4.42 Å². The highest BCUT2D eigenvalue weighted by molar-refractivity contribution is 5.44. The molecular formula is C17H23N3O. The molecule has 1 aliphatic heterocycles. The zero-order chi connectivity index (χ0) is 14.7. The van der Waals surface area contributed by atoms with Crippen molar-refractivity contribution in [2.75, 3.05) is 18.0 Å². The zero-order valence-electron chi connectivity index (χ0n) is 12.7. The molecule has 1 aliphatic rings. The molecule has 0 aliphatic carbocycles. The number of pyridine rings is 1. The minimum absolute atomic E-state index is 0.274. The second-order valence-corrected chi connectivity index (χ2v) is 5.80. The van der Waals surface area contributed by atoms with E-state index in [2.05, 4.69) is 40.3 Å². The highest BCUT2D eigenvalue weighted by Gasteiger charge is 2.21. The molecule has 0 spiro atoms. The number of nitrogens with one attached hydrogen (secondary N) is 1. The van der Waals surface area contributed by atoms with Crippen LogP contribution in [0.15, 0.2) is 41.1 Å². The molecular weight excluding hydrogens is 262 g/mol. The summed E-state index contributed by atoms with van der Waals surface area (Å²) in [5.74, 6) is 2.01. The van der Waals surface area contributed by atoms with Gasteiger partial charge in [0, 0.05) is 37.2 Å². The molecule has 0 bridgehead atoms. The zero-order valence-corrected chi connectivity index (χ0v) is 12.7. The lowest BCUT2D eigenvalue weighted by Crippen LogP contribution is -2.43. The van der Waals surface area contributed by atoms with Crippen LogP contribution in [0.25, 0.3) is 0 Å². The number of piperidine rings is 1. The third kappa shape index (κ3) is 3.45. The van der Waals surface area contributed by atoms with E-state index >= 15 is 0 Å². The Balaban J connectivity index is 1.52. The lowest BCUT2D eigenvalue weighted by atomic mass is 10.0. The maximum atomic E-state index is 5.70. The summed E-state index contributed by atoms with van der Waals surface area (Å²) in [6, 6.07) is 9.10. The SMILES string of the molecule is Cc1ccc(C(C)NC2CCN(c3ccncc3)CC2)o1. The van der Waals surface area contributed by atoms with Crippen LogP contribution in [0.1, 0.15) is 37.3 Å². The van der Waals surface area contributed by atoms with Crippen molar-refractivity contribution in [3.05, 3.63) is 48.2 Å². The summed E-state index contributed by atoms with van der Waals surface area (Å²) in [6.07, 6.45) is 6.04. The Kier molecular flexibility index (Phi) is 4.25. The van der Waals surface area contributed by atoms with Crippen LogP contribution in [0.5, 0.6) is 0 Å². The molecule has 3 heterocycles. The lowest BCUT2D eigenvalue weighted by Gasteiger charge is -2.35. The largest absolute Gasteiger partial charge is 0.465 e. The van der Waals surface area contributed by atoms with Gasteiger partial charge in [0.25, 0.3) is 0 Å². The van der Waals surface area contributed by atoms with E-state index in [9.17, 15) is 0 Å². The van der Waals surface area contributed by atoms with Crippen LogP contribution in [0.4, 0.5) is 5.69 Å². The molecule has 112 valence electrons. The molecule has 0 amide bonds. The molecule has 0 radical (unpaired) electrons. The van der Waals surface area contributed by atoms with Crippen LogP contribution < -0.4 is 10.2 Å². The summed E-state index contributed by atoms with van der Waals surface area (Å²) >= 11 is 0. The first kappa shape index (κ1) is 14.1. The summed E-state index contributed by atoms with van der Waals surface area (Å²) < 4.78 is 5.70. The normalized spacial score (nSPS) is 17.9. The first-order chi connectivity index (χ1) is 10.2. The van der Waals surface area contributed by atoms with Gasteiger partial charge in [0.15, 0.2) is 0 Å². The maximum Gasteiger partial charge on any atom is 0.120 e. The quantitative estimate of drug-likeness (QED) is 0.936. The summed E-state index contributed by atoms with van der Waals surface area (Å²) in [5, 5.41) is 3.69. The van der Waals surface area contributed by atoms with Crippen molar-refractivity contribution in [2.45, 2.75) is 38.8 Å². The van der Waals surface area contributed by atoms with E-state index < -0.39 is 0 Å². The average Bonchev–Trinajstić information content (AvgIpc) is 2.96. The number of aromatic nitrogens is 1. The number of hydrogen-bond acceptors (Lipinski definition) is 4. The fourth-order valence-electron chi connectivity index (χ4n) is 2.98.